The zero-order valence-corrected chi connectivity index (χ0v) is 14.1. The molecule has 0 amide bonds. The summed E-state index contributed by atoms with van der Waals surface area (Å²) in [5.74, 6) is -1.08. The molecule has 1 atom stereocenters. The van der Waals surface area contributed by atoms with Crippen LogP contribution in [0.15, 0.2) is 24.0 Å². The van der Waals surface area contributed by atoms with Crippen LogP contribution in [-0.4, -0.2) is 12.5 Å². The first-order valence-corrected chi connectivity index (χ1v) is 8.52. The number of unbranched alkanes of at least 4 members (excludes halogenated alkanes) is 6. The molecule has 0 aliphatic carbocycles. The van der Waals surface area contributed by atoms with E-state index in [1.54, 1.807) is 4.90 Å². The monoisotopic (exact) mass is 295 g/mol. The fraction of sp³-hybridized carbons (Fsp3) is 0.722. The molecule has 3 heteroatoms. The molecule has 0 aromatic carbocycles. The quantitative estimate of drug-likeness (QED) is 0.630. The average Bonchev–Trinajstić information content (AvgIpc) is 2.85. The third kappa shape index (κ3) is 13.6. The van der Waals surface area contributed by atoms with Gasteiger partial charge < -0.3 is 9.90 Å². The topological polar surface area (TPSA) is 44.6 Å². The van der Waals surface area contributed by atoms with E-state index in [1.807, 2.05) is 0 Å². The van der Waals surface area contributed by atoms with Gasteiger partial charge in [-0.15, -0.1) is 0 Å². The van der Waals surface area contributed by atoms with Gasteiger partial charge in [0, 0.05) is 17.6 Å². The Balaban J connectivity index is 0.000000885. The minimum absolute atomic E-state index is 0.972. The Hall–Kier alpha value is -1.09. The summed E-state index contributed by atoms with van der Waals surface area (Å²) in [5.41, 5.74) is 1.53. The molecule has 122 valence electrons. The highest BCUT2D eigenvalue weighted by Crippen LogP contribution is 2.07. The molecule has 0 spiro atoms. The fourth-order valence-electron chi connectivity index (χ4n) is 2.43. The maximum absolute atomic E-state index is 8.89. The lowest BCUT2D eigenvalue weighted by Crippen LogP contribution is -3.01. The van der Waals surface area contributed by atoms with Crippen LogP contribution in [0, 0.1) is 0 Å². The first kappa shape index (κ1) is 19.9. The summed E-state index contributed by atoms with van der Waals surface area (Å²) in [6.07, 6.45) is 19.4. The van der Waals surface area contributed by atoms with Crippen molar-refractivity contribution in [3.05, 3.63) is 24.0 Å². The molecule has 0 aromatic rings. The van der Waals surface area contributed by atoms with E-state index in [0.29, 0.717) is 0 Å². The normalized spacial score (nSPS) is 16.3. The SMILES string of the molecule is CC(=O)[O-].CCCCCCCCC[NH+]1C=CC(CCC)=C1. The van der Waals surface area contributed by atoms with Crippen molar-refractivity contribution < 1.29 is 14.8 Å². The number of carbonyl (C=O) groups excluding carboxylic acids is 1. The Morgan fingerprint density at radius 1 is 1.05 bits per heavy atom. The highest BCUT2D eigenvalue weighted by molar-refractivity contribution is 5.60. The fourth-order valence-corrected chi connectivity index (χ4v) is 2.43. The lowest BCUT2D eigenvalue weighted by molar-refractivity contribution is -0.788. The number of quaternary nitrogens is 1. The van der Waals surface area contributed by atoms with Crippen molar-refractivity contribution in [1.29, 1.82) is 0 Å². The number of rotatable bonds is 10. The van der Waals surface area contributed by atoms with E-state index in [4.69, 9.17) is 9.90 Å². The third-order valence-electron chi connectivity index (χ3n) is 3.49. The zero-order valence-electron chi connectivity index (χ0n) is 14.1. The Bertz CT molecular complexity index is 317. The van der Waals surface area contributed by atoms with Gasteiger partial charge in [0.25, 0.3) is 0 Å². The molecule has 3 nitrogen and oxygen atoms in total. The van der Waals surface area contributed by atoms with Gasteiger partial charge in [0.15, 0.2) is 0 Å². The van der Waals surface area contributed by atoms with Crippen molar-refractivity contribution in [2.75, 3.05) is 6.54 Å². The second-order valence-corrected chi connectivity index (χ2v) is 5.74. The van der Waals surface area contributed by atoms with Crippen LogP contribution in [-0.2, 0) is 4.79 Å². The van der Waals surface area contributed by atoms with E-state index in [-0.39, 0.29) is 0 Å². The molecular formula is C18H33NO2. The van der Waals surface area contributed by atoms with E-state index in [2.05, 4.69) is 32.3 Å². The number of carbonyl (C=O) groups is 1. The lowest BCUT2D eigenvalue weighted by atomic mass is 10.1. The van der Waals surface area contributed by atoms with Crippen LogP contribution in [0.1, 0.15) is 78.6 Å². The minimum atomic E-state index is -1.08. The first-order chi connectivity index (χ1) is 10.1. The summed E-state index contributed by atoms with van der Waals surface area (Å²) in [6.45, 7) is 6.80. The molecule has 1 aliphatic heterocycles. The van der Waals surface area contributed by atoms with Crippen molar-refractivity contribution in [3.8, 4) is 0 Å². The molecule has 0 saturated carbocycles. The summed E-state index contributed by atoms with van der Waals surface area (Å²) < 4.78 is 0. The van der Waals surface area contributed by atoms with Gasteiger partial charge in [-0.05, 0) is 26.2 Å². The molecule has 1 unspecified atom stereocenters. The van der Waals surface area contributed by atoms with Gasteiger partial charge in [-0.2, -0.15) is 0 Å². The van der Waals surface area contributed by atoms with Crippen LogP contribution in [0.4, 0.5) is 0 Å². The molecule has 0 aromatic heterocycles. The Labute approximate surface area is 130 Å². The molecule has 1 heterocycles. The number of aliphatic carboxylic acids is 1. The predicted octanol–water partition coefficient (Wildman–Crippen LogP) is 2.59. The smallest absolute Gasteiger partial charge is 0.102 e. The molecule has 1 N–H and O–H groups in total. The largest absolute Gasteiger partial charge is 0.550 e. The minimum Gasteiger partial charge on any atom is -0.550 e. The van der Waals surface area contributed by atoms with E-state index in [0.717, 1.165) is 6.92 Å². The van der Waals surface area contributed by atoms with Crippen LogP contribution >= 0.6 is 0 Å². The van der Waals surface area contributed by atoms with Gasteiger partial charge in [-0.1, -0.05) is 52.4 Å². The highest BCUT2D eigenvalue weighted by atomic mass is 16.4. The number of hydrogen-bond acceptors (Lipinski definition) is 2. The van der Waals surface area contributed by atoms with Crippen molar-refractivity contribution in [2.45, 2.75) is 78.6 Å². The number of carboxylic acid groups (broad SMARTS) is 1. The van der Waals surface area contributed by atoms with Gasteiger partial charge in [-0.25, -0.2) is 0 Å². The van der Waals surface area contributed by atoms with Crippen molar-refractivity contribution in [1.82, 2.24) is 0 Å². The average molecular weight is 295 g/mol. The summed E-state index contributed by atoms with van der Waals surface area (Å²) in [5, 5.41) is 8.89. The summed E-state index contributed by atoms with van der Waals surface area (Å²) >= 11 is 0. The zero-order chi connectivity index (χ0) is 15.9. The third-order valence-corrected chi connectivity index (χ3v) is 3.49. The lowest BCUT2D eigenvalue weighted by Gasteiger charge is -2.06. The molecule has 0 bridgehead atoms. The van der Waals surface area contributed by atoms with Crippen molar-refractivity contribution >= 4 is 5.97 Å². The van der Waals surface area contributed by atoms with Crippen LogP contribution < -0.4 is 10.0 Å². The van der Waals surface area contributed by atoms with E-state index in [1.165, 1.54) is 69.9 Å². The molecule has 1 aliphatic rings. The van der Waals surface area contributed by atoms with E-state index >= 15 is 0 Å². The number of hydrogen-bond donors (Lipinski definition) is 1. The Morgan fingerprint density at radius 2 is 1.62 bits per heavy atom. The second kappa shape index (κ2) is 13.9. The molecule has 21 heavy (non-hydrogen) atoms. The standard InChI is InChI=1S/C16H29N.C2H4O2/c1-3-5-6-7-8-9-10-13-17-14-12-16(15-17)11-4-2;1-2(3)4/h12,14-15H,3-11,13H2,1-2H3;1H3,(H,3,4). The van der Waals surface area contributed by atoms with Crippen LogP contribution in [0.25, 0.3) is 0 Å². The summed E-state index contributed by atoms with van der Waals surface area (Å²) in [4.78, 5) is 10.4. The van der Waals surface area contributed by atoms with E-state index in [9.17, 15) is 0 Å². The van der Waals surface area contributed by atoms with Gasteiger partial charge in [0.2, 0.25) is 0 Å². The molecular weight excluding hydrogens is 262 g/mol. The first-order valence-electron chi connectivity index (χ1n) is 8.52. The second-order valence-electron chi connectivity index (χ2n) is 5.74. The Kier molecular flexibility index (Phi) is 13.2. The summed E-state index contributed by atoms with van der Waals surface area (Å²) in [7, 11) is 0. The maximum atomic E-state index is 8.89. The maximum Gasteiger partial charge on any atom is 0.102 e. The Morgan fingerprint density at radius 3 is 2.19 bits per heavy atom. The number of nitrogens with one attached hydrogen (secondary N) is 1. The van der Waals surface area contributed by atoms with Crippen LogP contribution in [0.3, 0.4) is 0 Å². The molecule has 0 radical (unpaired) electrons. The van der Waals surface area contributed by atoms with Gasteiger partial charge in [-0.3, -0.25) is 4.90 Å². The van der Waals surface area contributed by atoms with Crippen LogP contribution in [0.2, 0.25) is 0 Å². The predicted molar refractivity (Wildman–Crippen MR) is 86.6 cm³/mol. The van der Waals surface area contributed by atoms with Crippen molar-refractivity contribution in [3.63, 3.8) is 0 Å². The molecule has 0 saturated heterocycles. The number of allylic oxidation sites excluding steroid dienone is 2. The van der Waals surface area contributed by atoms with E-state index < -0.39 is 5.97 Å². The summed E-state index contributed by atoms with van der Waals surface area (Å²) in [6, 6.07) is 0. The highest BCUT2D eigenvalue weighted by Gasteiger charge is 2.09. The van der Waals surface area contributed by atoms with Crippen LogP contribution in [0.5, 0.6) is 0 Å². The van der Waals surface area contributed by atoms with Gasteiger partial charge >= 0.3 is 0 Å². The number of carboxylic acids is 1. The molecule has 0 fully saturated rings. The van der Waals surface area contributed by atoms with Gasteiger partial charge in [0.1, 0.15) is 6.20 Å². The van der Waals surface area contributed by atoms with Crippen molar-refractivity contribution in [2.24, 2.45) is 0 Å². The van der Waals surface area contributed by atoms with Gasteiger partial charge in [0.05, 0.1) is 12.7 Å². The molecule has 1 rings (SSSR count).